The highest BCUT2D eigenvalue weighted by Gasteiger charge is 2.25. The van der Waals surface area contributed by atoms with Crippen molar-refractivity contribution in [2.24, 2.45) is 0 Å². The number of hydrogen-bond acceptors (Lipinski definition) is 4. The van der Waals surface area contributed by atoms with E-state index in [1.54, 1.807) is 0 Å². The topological polar surface area (TPSA) is 61.4 Å². The van der Waals surface area contributed by atoms with Gasteiger partial charge in [-0.05, 0) is 58.4 Å². The fraction of sp³-hybridized carbons (Fsp3) is 0.345. The van der Waals surface area contributed by atoms with Crippen molar-refractivity contribution < 1.29 is 9.90 Å². The summed E-state index contributed by atoms with van der Waals surface area (Å²) in [5, 5.41) is 17.2. The van der Waals surface area contributed by atoms with Gasteiger partial charge in [0.15, 0.2) is 0 Å². The van der Waals surface area contributed by atoms with E-state index in [9.17, 15) is 9.90 Å². The van der Waals surface area contributed by atoms with Gasteiger partial charge in [0, 0.05) is 28.4 Å². The molecule has 0 atom stereocenters. The maximum absolute atomic E-state index is 12.5. The van der Waals surface area contributed by atoms with Crippen LogP contribution in [0.5, 0.6) is 5.75 Å². The van der Waals surface area contributed by atoms with E-state index in [-0.39, 0.29) is 16.7 Å². The van der Waals surface area contributed by atoms with Crippen molar-refractivity contribution in [2.45, 2.75) is 58.1 Å². The number of benzene rings is 3. The van der Waals surface area contributed by atoms with E-state index in [2.05, 4.69) is 64.3 Å². The molecule has 3 rings (SSSR count). The van der Waals surface area contributed by atoms with Gasteiger partial charge in [-0.2, -0.15) is 0 Å². The van der Waals surface area contributed by atoms with Gasteiger partial charge in [0.05, 0.1) is 5.75 Å². The smallest absolute Gasteiger partial charge is 0.234 e. The number of thioether (sulfide) groups is 1. The van der Waals surface area contributed by atoms with Crippen LogP contribution in [0.25, 0.3) is 0 Å². The lowest BCUT2D eigenvalue weighted by Gasteiger charge is -2.27. The molecule has 4 nitrogen and oxygen atoms in total. The van der Waals surface area contributed by atoms with E-state index in [0.29, 0.717) is 17.3 Å². The van der Waals surface area contributed by atoms with E-state index < -0.39 is 0 Å². The van der Waals surface area contributed by atoms with Gasteiger partial charge in [-0.1, -0.05) is 71.9 Å². The summed E-state index contributed by atoms with van der Waals surface area (Å²) in [4.78, 5) is 12.5. The molecule has 0 aliphatic carbocycles. The van der Waals surface area contributed by atoms with Crippen LogP contribution in [0.4, 0.5) is 17.1 Å². The average Bonchev–Trinajstić information content (AvgIpc) is 2.75. The number of phenols is 1. The van der Waals surface area contributed by atoms with Crippen molar-refractivity contribution in [2.75, 3.05) is 16.4 Å². The SMILES string of the molecule is CC(C)(C)c1cc(CSCC(=O)Nc2ccc(Nc3ccccc3)cc2)c(O)c(C(C)(C)C)c1. The minimum absolute atomic E-state index is 0.0218. The predicted octanol–water partition coefficient (Wildman–Crippen LogP) is 7.60. The number of hydrogen-bond donors (Lipinski definition) is 3. The molecule has 3 N–H and O–H groups in total. The molecule has 0 saturated carbocycles. The van der Waals surface area contributed by atoms with Crippen molar-refractivity contribution in [1.82, 2.24) is 0 Å². The molecule has 180 valence electrons. The molecule has 0 heterocycles. The third-order valence-corrected chi connectivity index (χ3v) is 6.57. The highest BCUT2D eigenvalue weighted by atomic mass is 32.2. The first kappa shape index (κ1) is 25.7. The molecule has 34 heavy (non-hydrogen) atoms. The summed E-state index contributed by atoms with van der Waals surface area (Å²) < 4.78 is 0. The van der Waals surface area contributed by atoms with Crippen LogP contribution in [0.15, 0.2) is 66.7 Å². The van der Waals surface area contributed by atoms with Gasteiger partial charge in [-0.3, -0.25) is 4.79 Å². The molecule has 5 heteroatoms. The second-order valence-electron chi connectivity index (χ2n) is 10.6. The normalized spacial score (nSPS) is 11.8. The van der Waals surface area contributed by atoms with E-state index in [4.69, 9.17) is 0 Å². The van der Waals surface area contributed by atoms with Crippen LogP contribution in [0.2, 0.25) is 0 Å². The maximum atomic E-state index is 12.5. The van der Waals surface area contributed by atoms with Gasteiger partial charge in [0.1, 0.15) is 5.75 Å². The first-order valence-corrected chi connectivity index (χ1v) is 12.8. The molecule has 0 fully saturated rings. The summed E-state index contributed by atoms with van der Waals surface area (Å²) in [6, 6.07) is 21.8. The van der Waals surface area contributed by atoms with Crippen molar-refractivity contribution in [3.05, 3.63) is 83.4 Å². The van der Waals surface area contributed by atoms with Gasteiger partial charge in [0.25, 0.3) is 0 Å². The minimum Gasteiger partial charge on any atom is -0.507 e. The van der Waals surface area contributed by atoms with E-state index in [1.807, 2.05) is 54.6 Å². The van der Waals surface area contributed by atoms with Crippen LogP contribution >= 0.6 is 11.8 Å². The zero-order valence-electron chi connectivity index (χ0n) is 21.0. The molecular weight excluding hydrogens is 440 g/mol. The summed E-state index contributed by atoms with van der Waals surface area (Å²) in [6.07, 6.45) is 0. The zero-order chi connectivity index (χ0) is 24.9. The number of rotatable bonds is 7. The second kappa shape index (κ2) is 10.6. The number of nitrogens with one attached hydrogen (secondary N) is 2. The number of phenolic OH excluding ortho intramolecular Hbond substituents is 1. The van der Waals surface area contributed by atoms with Crippen LogP contribution in [0.3, 0.4) is 0 Å². The Morgan fingerprint density at radius 1 is 0.824 bits per heavy atom. The summed E-state index contributed by atoms with van der Waals surface area (Å²) in [6.45, 7) is 12.9. The van der Waals surface area contributed by atoms with Crippen molar-refractivity contribution >= 4 is 34.7 Å². The number of aromatic hydroxyl groups is 1. The molecule has 1 amide bonds. The molecule has 3 aromatic carbocycles. The van der Waals surface area contributed by atoms with Gasteiger partial charge >= 0.3 is 0 Å². The van der Waals surface area contributed by atoms with Crippen molar-refractivity contribution in [3.8, 4) is 5.75 Å². The molecule has 0 radical (unpaired) electrons. The van der Waals surface area contributed by atoms with Crippen molar-refractivity contribution in [1.29, 1.82) is 0 Å². The van der Waals surface area contributed by atoms with Gasteiger partial charge in [-0.25, -0.2) is 0 Å². The Balaban J connectivity index is 1.59. The largest absolute Gasteiger partial charge is 0.507 e. The quantitative estimate of drug-likeness (QED) is 0.328. The van der Waals surface area contributed by atoms with Gasteiger partial charge in [0.2, 0.25) is 5.91 Å². The molecule has 3 aromatic rings. The molecule has 0 bridgehead atoms. The Hall–Kier alpha value is -2.92. The van der Waals surface area contributed by atoms with Gasteiger partial charge in [-0.15, -0.1) is 11.8 Å². The molecule has 0 saturated heterocycles. The van der Waals surface area contributed by atoms with E-state index in [0.717, 1.165) is 28.2 Å². The maximum Gasteiger partial charge on any atom is 0.234 e. The van der Waals surface area contributed by atoms with Crippen LogP contribution in [0, 0.1) is 0 Å². The van der Waals surface area contributed by atoms with Crippen LogP contribution in [-0.2, 0) is 21.4 Å². The third-order valence-electron chi connectivity index (χ3n) is 5.58. The number of para-hydroxylation sites is 1. The Bertz CT molecular complexity index is 1110. The summed E-state index contributed by atoms with van der Waals surface area (Å²) in [5.41, 5.74) is 5.58. The lowest BCUT2D eigenvalue weighted by Crippen LogP contribution is -2.17. The molecule has 0 aliphatic heterocycles. The molecule has 0 unspecified atom stereocenters. The number of anilines is 3. The average molecular weight is 477 g/mol. The Labute approximate surface area is 208 Å². The Kier molecular flexibility index (Phi) is 7.98. The fourth-order valence-electron chi connectivity index (χ4n) is 3.59. The standard InChI is InChI=1S/C29H36N2O2S/c1-28(2,3)21-16-20(27(33)25(17-21)29(4,5)6)18-34-19-26(32)31-24-14-12-23(13-15-24)30-22-10-8-7-9-11-22/h7-17,30,33H,18-19H2,1-6H3,(H,31,32). The summed E-state index contributed by atoms with van der Waals surface area (Å²) in [5.74, 6) is 1.17. The fourth-order valence-corrected chi connectivity index (χ4v) is 4.38. The second-order valence-corrected chi connectivity index (χ2v) is 11.6. The van der Waals surface area contributed by atoms with Crippen molar-refractivity contribution in [3.63, 3.8) is 0 Å². The molecular formula is C29H36N2O2S. The molecule has 0 aromatic heterocycles. The summed E-state index contributed by atoms with van der Waals surface area (Å²) in [7, 11) is 0. The Morgan fingerprint density at radius 2 is 1.41 bits per heavy atom. The molecule has 0 spiro atoms. The lowest BCUT2D eigenvalue weighted by molar-refractivity contribution is -0.113. The first-order chi connectivity index (χ1) is 15.9. The van der Waals surface area contributed by atoms with E-state index >= 15 is 0 Å². The first-order valence-electron chi connectivity index (χ1n) is 11.6. The summed E-state index contributed by atoms with van der Waals surface area (Å²) >= 11 is 1.51. The predicted molar refractivity (Wildman–Crippen MR) is 146 cm³/mol. The van der Waals surface area contributed by atoms with Crippen LogP contribution < -0.4 is 10.6 Å². The number of amides is 1. The van der Waals surface area contributed by atoms with Crippen LogP contribution in [0.1, 0.15) is 58.2 Å². The minimum atomic E-state index is -0.163. The number of carbonyl (C=O) groups is 1. The monoisotopic (exact) mass is 476 g/mol. The number of carbonyl (C=O) groups excluding carboxylic acids is 1. The zero-order valence-corrected chi connectivity index (χ0v) is 21.8. The van der Waals surface area contributed by atoms with Gasteiger partial charge < -0.3 is 15.7 Å². The van der Waals surface area contributed by atoms with E-state index in [1.165, 1.54) is 17.3 Å². The highest BCUT2D eigenvalue weighted by Crippen LogP contribution is 2.39. The lowest BCUT2D eigenvalue weighted by atomic mass is 9.79. The third kappa shape index (κ3) is 7.04. The highest BCUT2D eigenvalue weighted by molar-refractivity contribution is 7.99. The molecule has 0 aliphatic rings. The van der Waals surface area contributed by atoms with Crippen LogP contribution in [-0.4, -0.2) is 16.8 Å². The Morgan fingerprint density at radius 3 is 2.00 bits per heavy atom.